The van der Waals surface area contributed by atoms with Crippen molar-refractivity contribution in [2.45, 2.75) is 25.4 Å². The molecule has 0 saturated heterocycles. The molecule has 0 saturated carbocycles. The molecule has 5 heteroatoms. The Hall–Kier alpha value is -2.69. The van der Waals surface area contributed by atoms with Gasteiger partial charge in [-0.3, -0.25) is 14.9 Å². The molecule has 2 unspecified atom stereocenters. The van der Waals surface area contributed by atoms with Crippen LogP contribution in [0.2, 0.25) is 0 Å². The van der Waals surface area contributed by atoms with Gasteiger partial charge in [0.25, 0.3) is 0 Å². The molecular weight excluding hydrogens is 306 g/mol. The summed E-state index contributed by atoms with van der Waals surface area (Å²) >= 11 is 0. The molecule has 1 aliphatic rings. The van der Waals surface area contributed by atoms with E-state index >= 15 is 0 Å². The van der Waals surface area contributed by atoms with Crippen LogP contribution in [0.3, 0.4) is 0 Å². The van der Waals surface area contributed by atoms with Crippen molar-refractivity contribution in [1.29, 1.82) is 0 Å². The molecule has 1 aliphatic heterocycles. The Kier molecular flexibility index (Phi) is 4.09. The van der Waals surface area contributed by atoms with Gasteiger partial charge in [-0.1, -0.05) is 42.5 Å². The Morgan fingerprint density at radius 3 is 2.42 bits per heavy atom. The van der Waals surface area contributed by atoms with Crippen molar-refractivity contribution in [3.8, 4) is 5.75 Å². The Bertz CT molecular complexity index is 770. The number of benzene rings is 2. The molecule has 0 N–H and O–H groups in total. The molecule has 0 aromatic heterocycles. The second kappa shape index (κ2) is 6.07. The van der Waals surface area contributed by atoms with E-state index in [1.165, 1.54) is 0 Å². The van der Waals surface area contributed by atoms with Gasteiger partial charge < -0.3 is 4.74 Å². The molecule has 0 aliphatic carbocycles. The zero-order valence-electron chi connectivity index (χ0n) is 13.6. The van der Waals surface area contributed by atoms with Crippen LogP contribution in [0.5, 0.6) is 5.75 Å². The quantitative estimate of drug-likeness (QED) is 0.634. The van der Waals surface area contributed by atoms with Crippen molar-refractivity contribution in [3.05, 3.63) is 75.8 Å². The second-order valence-corrected chi connectivity index (χ2v) is 6.58. The number of para-hydroxylation sites is 1. The van der Waals surface area contributed by atoms with Gasteiger partial charge in [-0.2, -0.15) is 0 Å². The van der Waals surface area contributed by atoms with E-state index in [4.69, 9.17) is 4.74 Å². The van der Waals surface area contributed by atoms with E-state index in [0.717, 1.165) is 5.56 Å². The molecular formula is C19H19NO4. The van der Waals surface area contributed by atoms with Gasteiger partial charge in [0.15, 0.2) is 5.78 Å². The Morgan fingerprint density at radius 1 is 1.12 bits per heavy atom. The van der Waals surface area contributed by atoms with E-state index < -0.39 is 17.4 Å². The predicted octanol–water partition coefficient (Wildman–Crippen LogP) is 3.72. The van der Waals surface area contributed by atoms with Crippen LogP contribution in [-0.2, 0) is 0 Å². The third-order valence-electron chi connectivity index (χ3n) is 4.53. The summed E-state index contributed by atoms with van der Waals surface area (Å²) in [6.07, 6.45) is 0. The van der Waals surface area contributed by atoms with Crippen molar-refractivity contribution in [3.63, 3.8) is 0 Å². The lowest BCUT2D eigenvalue weighted by molar-refractivity contribution is -0.485. The van der Waals surface area contributed by atoms with Gasteiger partial charge >= 0.3 is 0 Å². The Balaban J connectivity index is 2.09. The predicted molar refractivity (Wildman–Crippen MR) is 90.0 cm³/mol. The number of carbonyl (C=O) groups excluding carboxylic acids is 1. The molecule has 3 rings (SSSR count). The number of fused-ring (bicyclic) bond motifs is 1. The number of hydrogen-bond acceptors (Lipinski definition) is 4. The van der Waals surface area contributed by atoms with Gasteiger partial charge in [-0.05, 0) is 31.5 Å². The van der Waals surface area contributed by atoms with E-state index in [1.54, 1.807) is 18.2 Å². The van der Waals surface area contributed by atoms with Crippen LogP contribution in [0.15, 0.2) is 54.6 Å². The molecule has 2 aromatic rings. The minimum absolute atomic E-state index is 0.0995. The molecule has 2 atom stereocenters. The van der Waals surface area contributed by atoms with Crippen molar-refractivity contribution >= 4 is 5.78 Å². The third kappa shape index (κ3) is 2.89. The summed E-state index contributed by atoms with van der Waals surface area (Å²) in [4.78, 5) is 24.0. The van der Waals surface area contributed by atoms with Gasteiger partial charge in [0.05, 0.1) is 17.4 Å². The number of carbonyl (C=O) groups is 1. The largest absolute Gasteiger partial charge is 0.486 e. The van der Waals surface area contributed by atoms with E-state index in [2.05, 4.69) is 0 Å². The number of nitrogens with zero attached hydrogens (tertiary/aromatic N) is 1. The summed E-state index contributed by atoms with van der Waals surface area (Å²) in [7, 11) is 0. The van der Waals surface area contributed by atoms with Crippen LogP contribution in [0.25, 0.3) is 0 Å². The van der Waals surface area contributed by atoms with Crippen molar-refractivity contribution in [1.82, 2.24) is 0 Å². The average molecular weight is 325 g/mol. The maximum atomic E-state index is 13.1. The molecule has 0 amide bonds. The second-order valence-electron chi connectivity index (χ2n) is 6.58. The third-order valence-corrected chi connectivity index (χ3v) is 4.53. The van der Waals surface area contributed by atoms with Crippen LogP contribution in [-0.4, -0.2) is 22.9 Å². The molecule has 24 heavy (non-hydrogen) atoms. The molecule has 0 fully saturated rings. The fraction of sp³-hybridized carbons (Fsp3) is 0.316. The highest BCUT2D eigenvalue weighted by Gasteiger charge is 2.49. The standard InChI is InChI=1S/C19H19NO4/c1-19(2)17(18(21)14-10-6-7-11-16(14)24-19)15(12-20(22)23)13-8-4-3-5-9-13/h3-11,15,17H,12H2,1-2H3. The summed E-state index contributed by atoms with van der Waals surface area (Å²) in [6, 6.07) is 16.2. The van der Waals surface area contributed by atoms with Gasteiger partial charge in [0.1, 0.15) is 11.4 Å². The Morgan fingerprint density at radius 2 is 1.75 bits per heavy atom. The number of nitro groups is 1. The van der Waals surface area contributed by atoms with Gasteiger partial charge in [0.2, 0.25) is 6.54 Å². The maximum Gasteiger partial charge on any atom is 0.211 e. The SMILES string of the molecule is CC1(C)Oc2ccccc2C(=O)C1C(C[N+](=O)[O-])c1ccccc1. The molecule has 0 radical (unpaired) electrons. The highest BCUT2D eigenvalue weighted by molar-refractivity contribution is 6.02. The van der Waals surface area contributed by atoms with E-state index in [-0.39, 0.29) is 17.3 Å². The molecule has 0 spiro atoms. The summed E-state index contributed by atoms with van der Waals surface area (Å²) in [6.45, 7) is 3.33. The lowest BCUT2D eigenvalue weighted by Gasteiger charge is -2.41. The minimum Gasteiger partial charge on any atom is -0.486 e. The topological polar surface area (TPSA) is 69.4 Å². The summed E-state index contributed by atoms with van der Waals surface area (Å²) in [5, 5.41) is 11.2. The fourth-order valence-electron chi connectivity index (χ4n) is 3.52. The number of ether oxygens (including phenoxy) is 1. The average Bonchev–Trinajstić information content (AvgIpc) is 2.53. The van der Waals surface area contributed by atoms with E-state index in [9.17, 15) is 14.9 Å². The van der Waals surface area contributed by atoms with Crippen LogP contribution < -0.4 is 4.74 Å². The first-order valence-electron chi connectivity index (χ1n) is 7.89. The Labute approximate surface area is 140 Å². The molecule has 0 bridgehead atoms. The fourth-order valence-corrected chi connectivity index (χ4v) is 3.52. The van der Waals surface area contributed by atoms with Crippen molar-refractivity contribution in [2.75, 3.05) is 6.54 Å². The molecule has 2 aromatic carbocycles. The van der Waals surface area contributed by atoms with Crippen molar-refractivity contribution in [2.24, 2.45) is 5.92 Å². The van der Waals surface area contributed by atoms with Crippen molar-refractivity contribution < 1.29 is 14.5 Å². The number of rotatable bonds is 4. The molecule has 1 heterocycles. The first kappa shape index (κ1) is 16.2. The highest BCUT2D eigenvalue weighted by Crippen LogP contribution is 2.43. The first-order chi connectivity index (χ1) is 11.4. The summed E-state index contributed by atoms with van der Waals surface area (Å²) in [5.41, 5.74) is 0.441. The van der Waals surface area contributed by atoms with E-state index in [0.29, 0.717) is 11.3 Å². The lowest BCUT2D eigenvalue weighted by atomic mass is 9.71. The summed E-state index contributed by atoms with van der Waals surface area (Å²) < 4.78 is 6.04. The van der Waals surface area contributed by atoms with Gasteiger partial charge in [0, 0.05) is 4.92 Å². The zero-order valence-corrected chi connectivity index (χ0v) is 13.6. The first-order valence-corrected chi connectivity index (χ1v) is 7.89. The van der Waals surface area contributed by atoms with Gasteiger partial charge in [-0.15, -0.1) is 0 Å². The lowest BCUT2D eigenvalue weighted by Crippen LogP contribution is -2.50. The minimum atomic E-state index is -0.831. The number of Topliss-reactive ketones (excluding diaryl/α,β-unsaturated/α-hetero) is 1. The number of ketones is 1. The monoisotopic (exact) mass is 325 g/mol. The molecule has 5 nitrogen and oxygen atoms in total. The van der Waals surface area contributed by atoms with Crippen LogP contribution in [0.1, 0.15) is 35.7 Å². The molecule has 124 valence electrons. The van der Waals surface area contributed by atoms with Gasteiger partial charge in [-0.25, -0.2) is 0 Å². The maximum absolute atomic E-state index is 13.1. The van der Waals surface area contributed by atoms with Crippen LogP contribution in [0.4, 0.5) is 0 Å². The number of hydrogen-bond donors (Lipinski definition) is 0. The summed E-state index contributed by atoms with van der Waals surface area (Å²) in [5.74, 6) is -0.730. The highest BCUT2D eigenvalue weighted by atomic mass is 16.6. The zero-order chi connectivity index (χ0) is 17.3. The normalized spacial score (nSPS) is 19.9. The smallest absolute Gasteiger partial charge is 0.211 e. The van der Waals surface area contributed by atoms with E-state index in [1.807, 2.05) is 50.2 Å². The van der Waals surface area contributed by atoms with Crippen LogP contribution in [0, 0.1) is 16.0 Å². The van der Waals surface area contributed by atoms with Crippen LogP contribution >= 0.6 is 0 Å².